The van der Waals surface area contributed by atoms with Crippen molar-refractivity contribution < 1.29 is 14.0 Å². The number of hydrogen-bond acceptors (Lipinski definition) is 5. The van der Waals surface area contributed by atoms with Gasteiger partial charge in [-0.15, -0.1) is 0 Å². The number of aryl methyl sites for hydroxylation is 1. The number of ether oxygens (including phenoxy) is 1. The molecule has 0 aliphatic carbocycles. The minimum atomic E-state index is -0.487. The van der Waals surface area contributed by atoms with E-state index >= 15 is 0 Å². The second-order valence-corrected chi connectivity index (χ2v) is 6.76. The van der Waals surface area contributed by atoms with Gasteiger partial charge in [-0.2, -0.15) is 5.10 Å². The molecule has 122 valence electrons. The van der Waals surface area contributed by atoms with Gasteiger partial charge in [-0.05, 0) is 33.8 Å². The van der Waals surface area contributed by atoms with Crippen LogP contribution in [0.1, 0.15) is 27.7 Å². The molecule has 0 saturated carbocycles. The van der Waals surface area contributed by atoms with Gasteiger partial charge < -0.3 is 14.0 Å². The van der Waals surface area contributed by atoms with Crippen LogP contribution < -0.4 is 10.2 Å². The third-order valence-corrected chi connectivity index (χ3v) is 4.60. The van der Waals surface area contributed by atoms with E-state index in [4.69, 9.17) is 14.0 Å². The number of para-hydroxylation sites is 1. The van der Waals surface area contributed by atoms with E-state index in [0.717, 1.165) is 11.0 Å². The molecule has 23 heavy (non-hydrogen) atoms. The Morgan fingerprint density at radius 3 is 2.30 bits per heavy atom. The first kappa shape index (κ1) is 16.0. The monoisotopic (exact) mass is 315 g/mol. The van der Waals surface area contributed by atoms with Crippen LogP contribution in [0.25, 0.3) is 11.4 Å². The van der Waals surface area contributed by atoms with E-state index < -0.39 is 18.3 Å². The molecular weight excluding hydrogens is 293 g/mol. The molecular formula is C16H22BN3O3. The van der Waals surface area contributed by atoms with Gasteiger partial charge in [0.15, 0.2) is 5.82 Å². The lowest BCUT2D eigenvalue weighted by molar-refractivity contribution is 0.00578. The first-order valence-electron chi connectivity index (χ1n) is 7.64. The number of nitrogens with zero attached hydrogens (tertiary/aromatic N) is 3. The summed E-state index contributed by atoms with van der Waals surface area (Å²) in [4.78, 5) is 4.31. The lowest BCUT2D eigenvalue weighted by Gasteiger charge is -2.32. The van der Waals surface area contributed by atoms with Crippen molar-refractivity contribution in [1.82, 2.24) is 14.8 Å². The number of methoxy groups -OCH3 is 1. The Bertz CT molecular complexity index is 711. The standard InChI is InChI=1S/C16H22BN3O3/c1-15(2)16(3,4)23-17(22-15)12-9-7-8-11(13(12)21-6)14-18-10-20(5)19-14/h7-10H,1-6H3. The number of hydrogen-bond donors (Lipinski definition) is 0. The third kappa shape index (κ3) is 2.64. The van der Waals surface area contributed by atoms with Crippen LogP contribution in [0, 0.1) is 0 Å². The van der Waals surface area contributed by atoms with Gasteiger partial charge in [-0.25, -0.2) is 4.98 Å². The first-order valence-corrected chi connectivity index (χ1v) is 7.64. The van der Waals surface area contributed by atoms with Gasteiger partial charge in [0.1, 0.15) is 12.1 Å². The molecule has 0 N–H and O–H groups in total. The second-order valence-electron chi connectivity index (χ2n) is 6.76. The molecule has 0 spiro atoms. The zero-order valence-electron chi connectivity index (χ0n) is 14.5. The predicted octanol–water partition coefficient (Wildman–Crippen LogP) is 1.79. The van der Waals surface area contributed by atoms with Crippen LogP contribution in [0.3, 0.4) is 0 Å². The van der Waals surface area contributed by atoms with Gasteiger partial charge >= 0.3 is 7.12 Å². The Hall–Kier alpha value is -1.86. The van der Waals surface area contributed by atoms with E-state index in [9.17, 15) is 0 Å². The van der Waals surface area contributed by atoms with E-state index in [1.165, 1.54) is 0 Å². The number of rotatable bonds is 3. The Labute approximate surface area is 136 Å². The predicted molar refractivity (Wildman–Crippen MR) is 88.7 cm³/mol. The fourth-order valence-electron chi connectivity index (χ4n) is 2.58. The van der Waals surface area contributed by atoms with Gasteiger partial charge in [0.25, 0.3) is 0 Å². The number of benzene rings is 1. The highest BCUT2D eigenvalue weighted by Crippen LogP contribution is 2.38. The average Bonchev–Trinajstić information content (AvgIpc) is 2.99. The van der Waals surface area contributed by atoms with Crippen molar-refractivity contribution in [2.45, 2.75) is 38.9 Å². The van der Waals surface area contributed by atoms with Crippen LogP contribution in [-0.2, 0) is 16.4 Å². The molecule has 7 heteroatoms. The molecule has 6 nitrogen and oxygen atoms in total. The molecule has 1 aromatic carbocycles. The largest absolute Gasteiger partial charge is 0.498 e. The van der Waals surface area contributed by atoms with Crippen molar-refractivity contribution in [1.29, 1.82) is 0 Å². The Morgan fingerprint density at radius 2 is 1.78 bits per heavy atom. The highest BCUT2D eigenvalue weighted by Gasteiger charge is 2.52. The summed E-state index contributed by atoms with van der Waals surface area (Å²) in [5.74, 6) is 1.29. The molecule has 0 atom stereocenters. The van der Waals surface area contributed by atoms with Crippen LogP contribution in [0.2, 0.25) is 0 Å². The van der Waals surface area contributed by atoms with Crippen LogP contribution in [0.5, 0.6) is 5.75 Å². The fraction of sp³-hybridized carbons (Fsp3) is 0.500. The molecule has 0 amide bonds. The van der Waals surface area contributed by atoms with E-state index in [-0.39, 0.29) is 0 Å². The van der Waals surface area contributed by atoms with Crippen molar-refractivity contribution in [2.24, 2.45) is 7.05 Å². The highest BCUT2D eigenvalue weighted by atomic mass is 16.7. The minimum Gasteiger partial charge on any atom is -0.496 e. The second kappa shape index (κ2) is 5.35. The zero-order valence-corrected chi connectivity index (χ0v) is 14.5. The van der Waals surface area contributed by atoms with Gasteiger partial charge in [-0.3, -0.25) is 4.68 Å². The molecule has 2 heterocycles. The SMILES string of the molecule is COc1c(B2OC(C)(C)C(C)(C)O2)cccc1-c1ncn(C)n1. The maximum atomic E-state index is 6.14. The van der Waals surface area contributed by atoms with Gasteiger partial charge in [0.05, 0.1) is 23.9 Å². The quantitative estimate of drug-likeness (QED) is 0.808. The molecule has 2 aromatic rings. The summed E-state index contributed by atoms with van der Waals surface area (Å²) in [6.45, 7) is 8.13. The summed E-state index contributed by atoms with van der Waals surface area (Å²) in [5.41, 5.74) is 0.862. The van der Waals surface area contributed by atoms with E-state index in [2.05, 4.69) is 10.1 Å². The van der Waals surface area contributed by atoms with Crippen LogP contribution in [0.4, 0.5) is 0 Å². The minimum absolute atomic E-state index is 0.401. The molecule has 0 radical (unpaired) electrons. The van der Waals surface area contributed by atoms with E-state index in [1.807, 2.05) is 52.9 Å². The van der Waals surface area contributed by atoms with Crippen molar-refractivity contribution in [3.05, 3.63) is 24.5 Å². The third-order valence-electron chi connectivity index (χ3n) is 4.60. The smallest absolute Gasteiger partial charge is 0.496 e. The van der Waals surface area contributed by atoms with Gasteiger partial charge in [0.2, 0.25) is 0 Å². The van der Waals surface area contributed by atoms with Gasteiger partial charge in [-0.1, -0.05) is 12.1 Å². The maximum absolute atomic E-state index is 6.14. The molecule has 3 rings (SSSR count). The highest BCUT2D eigenvalue weighted by molar-refractivity contribution is 6.63. The van der Waals surface area contributed by atoms with Crippen molar-refractivity contribution in [2.75, 3.05) is 7.11 Å². The molecule has 0 bridgehead atoms. The Kier molecular flexibility index (Phi) is 3.73. The van der Waals surface area contributed by atoms with Crippen LogP contribution in [0.15, 0.2) is 24.5 Å². The molecule has 1 saturated heterocycles. The topological polar surface area (TPSA) is 58.4 Å². The molecule has 0 unspecified atom stereocenters. The summed E-state index contributed by atoms with van der Waals surface area (Å²) in [6, 6.07) is 5.82. The lowest BCUT2D eigenvalue weighted by Crippen LogP contribution is -2.41. The zero-order chi connectivity index (χ0) is 16.8. The first-order chi connectivity index (χ1) is 10.7. The van der Waals surface area contributed by atoms with E-state index in [0.29, 0.717) is 11.6 Å². The summed E-state index contributed by atoms with van der Waals surface area (Å²) < 4.78 is 19.6. The summed E-state index contributed by atoms with van der Waals surface area (Å²) in [5, 5.41) is 4.36. The van der Waals surface area contributed by atoms with E-state index in [1.54, 1.807) is 18.1 Å². The Morgan fingerprint density at radius 1 is 1.13 bits per heavy atom. The molecule has 1 aliphatic rings. The summed E-state index contributed by atoms with van der Waals surface area (Å²) >= 11 is 0. The van der Waals surface area contributed by atoms with Crippen LogP contribution in [-0.4, -0.2) is 40.2 Å². The van der Waals surface area contributed by atoms with Crippen molar-refractivity contribution in [3.8, 4) is 17.1 Å². The van der Waals surface area contributed by atoms with Crippen molar-refractivity contribution in [3.63, 3.8) is 0 Å². The summed E-state index contributed by atoms with van der Waals surface area (Å²) in [7, 11) is 2.98. The van der Waals surface area contributed by atoms with Gasteiger partial charge in [0, 0.05) is 12.5 Å². The lowest BCUT2D eigenvalue weighted by atomic mass is 9.77. The Balaban J connectivity index is 2.05. The summed E-state index contributed by atoms with van der Waals surface area (Å²) in [6.07, 6.45) is 1.66. The normalized spacial score (nSPS) is 19.1. The van der Waals surface area contributed by atoms with Crippen molar-refractivity contribution >= 4 is 12.6 Å². The molecule has 1 fully saturated rings. The maximum Gasteiger partial charge on any atom is 0.498 e. The average molecular weight is 315 g/mol. The fourth-order valence-corrected chi connectivity index (χ4v) is 2.58. The molecule has 1 aromatic heterocycles. The van der Waals surface area contributed by atoms with Crippen LogP contribution >= 0.6 is 0 Å². The molecule has 1 aliphatic heterocycles. The number of aromatic nitrogens is 3.